The van der Waals surface area contributed by atoms with Crippen molar-refractivity contribution in [3.8, 4) is 0 Å². The summed E-state index contributed by atoms with van der Waals surface area (Å²) < 4.78 is 5.34. The summed E-state index contributed by atoms with van der Waals surface area (Å²) in [4.78, 5) is 37.8. The number of benzene rings is 1. The first-order valence-corrected chi connectivity index (χ1v) is 10.7. The number of hydrogen-bond donors (Lipinski definition) is 0. The second kappa shape index (κ2) is 10.1. The van der Waals surface area contributed by atoms with E-state index in [1.165, 1.54) is 34.9 Å². The van der Waals surface area contributed by atoms with Crippen molar-refractivity contribution in [2.24, 2.45) is 5.92 Å². The minimum atomic E-state index is -0.701. The minimum absolute atomic E-state index is 0.0356. The lowest BCUT2D eigenvalue weighted by Crippen LogP contribution is -2.46. The largest absolute Gasteiger partial charge is 0.464 e. The zero-order chi connectivity index (χ0) is 20.8. The summed E-state index contributed by atoms with van der Waals surface area (Å²) in [5, 5.41) is 10.9. The Kier molecular flexibility index (Phi) is 8.12. The van der Waals surface area contributed by atoms with Crippen molar-refractivity contribution in [3.63, 3.8) is 0 Å². The van der Waals surface area contributed by atoms with Crippen molar-refractivity contribution < 1.29 is 19.2 Å². The van der Waals surface area contributed by atoms with E-state index in [1.54, 1.807) is 0 Å². The van der Waals surface area contributed by atoms with Crippen molar-refractivity contribution in [2.75, 3.05) is 12.4 Å². The number of nitrogens with zero attached hydrogens (tertiary/aromatic N) is 2. The molecular weight excluding hydrogens is 404 g/mol. The molecule has 0 saturated carbocycles. The smallest absolute Gasteiger partial charge is 0.329 e. The molecule has 0 aromatic heterocycles. The number of amides is 1. The number of esters is 1. The van der Waals surface area contributed by atoms with Crippen LogP contribution in [0.2, 0.25) is 5.02 Å². The monoisotopic (exact) mass is 428 g/mol. The molecule has 1 aliphatic heterocycles. The highest BCUT2D eigenvalue weighted by Gasteiger charge is 2.43. The van der Waals surface area contributed by atoms with Gasteiger partial charge in [0.25, 0.3) is 11.6 Å². The van der Waals surface area contributed by atoms with Crippen LogP contribution in [0.3, 0.4) is 0 Å². The summed E-state index contributed by atoms with van der Waals surface area (Å²) in [7, 11) is 0. The normalized spacial score (nSPS) is 19.1. The first-order chi connectivity index (χ1) is 13.3. The number of rotatable bonds is 8. The van der Waals surface area contributed by atoms with Crippen molar-refractivity contribution in [1.82, 2.24) is 4.90 Å². The first-order valence-electron chi connectivity index (χ1n) is 9.31. The van der Waals surface area contributed by atoms with Gasteiger partial charge >= 0.3 is 5.97 Å². The van der Waals surface area contributed by atoms with Gasteiger partial charge in [0.15, 0.2) is 0 Å². The molecule has 1 aromatic rings. The summed E-state index contributed by atoms with van der Waals surface area (Å²) in [6.07, 6.45) is 2.38. The molecule has 1 heterocycles. The van der Waals surface area contributed by atoms with Crippen LogP contribution in [-0.2, 0) is 9.53 Å². The predicted octanol–water partition coefficient (Wildman–Crippen LogP) is 4.52. The van der Waals surface area contributed by atoms with E-state index in [4.69, 9.17) is 16.3 Å². The van der Waals surface area contributed by atoms with Gasteiger partial charge in [0.05, 0.1) is 16.9 Å². The Bertz CT molecular complexity index is 743. The van der Waals surface area contributed by atoms with Gasteiger partial charge in [-0.05, 0) is 30.9 Å². The zero-order valence-corrected chi connectivity index (χ0v) is 17.8. The Labute approximate surface area is 173 Å². The van der Waals surface area contributed by atoms with E-state index in [2.05, 4.69) is 0 Å². The van der Waals surface area contributed by atoms with Gasteiger partial charge in [-0.25, -0.2) is 4.79 Å². The lowest BCUT2D eigenvalue weighted by Gasteiger charge is -2.29. The van der Waals surface area contributed by atoms with Gasteiger partial charge in [-0.3, -0.25) is 14.9 Å². The Morgan fingerprint density at radius 2 is 2.14 bits per heavy atom. The SMILES string of the molecule is CCCCOC(=O)C1CSC(CC(C)C)N1C(=O)c1ccc(Cl)c([N+](=O)[O-])c1. The summed E-state index contributed by atoms with van der Waals surface area (Å²) >= 11 is 7.39. The minimum Gasteiger partial charge on any atom is -0.464 e. The number of nitro benzene ring substituents is 1. The van der Waals surface area contributed by atoms with Crippen molar-refractivity contribution in [3.05, 3.63) is 38.9 Å². The van der Waals surface area contributed by atoms with E-state index in [0.29, 0.717) is 24.7 Å². The third-order valence-electron chi connectivity index (χ3n) is 4.40. The molecule has 1 saturated heterocycles. The van der Waals surface area contributed by atoms with Crippen LogP contribution in [0.5, 0.6) is 0 Å². The van der Waals surface area contributed by atoms with Gasteiger partial charge in [0.1, 0.15) is 11.1 Å². The van der Waals surface area contributed by atoms with Gasteiger partial charge in [0, 0.05) is 17.4 Å². The molecule has 28 heavy (non-hydrogen) atoms. The Morgan fingerprint density at radius 1 is 1.43 bits per heavy atom. The van der Waals surface area contributed by atoms with Crippen LogP contribution in [-0.4, -0.2) is 45.5 Å². The third kappa shape index (κ3) is 5.38. The van der Waals surface area contributed by atoms with E-state index < -0.39 is 22.8 Å². The number of halogens is 1. The van der Waals surface area contributed by atoms with Crippen LogP contribution in [0.1, 0.15) is 50.4 Å². The Morgan fingerprint density at radius 3 is 2.75 bits per heavy atom. The molecule has 0 N–H and O–H groups in total. The molecule has 7 nitrogen and oxygen atoms in total. The number of carbonyl (C=O) groups is 2. The van der Waals surface area contributed by atoms with Gasteiger partial charge in [0.2, 0.25) is 0 Å². The maximum atomic E-state index is 13.2. The molecule has 1 aliphatic rings. The second-order valence-corrected chi connectivity index (χ2v) is 8.71. The lowest BCUT2D eigenvalue weighted by molar-refractivity contribution is -0.384. The van der Waals surface area contributed by atoms with Crippen molar-refractivity contribution >= 4 is 40.9 Å². The fraction of sp³-hybridized carbons (Fsp3) is 0.579. The number of carbonyl (C=O) groups excluding carboxylic acids is 2. The summed E-state index contributed by atoms with van der Waals surface area (Å²) in [5.74, 6) is -0.0804. The zero-order valence-electron chi connectivity index (χ0n) is 16.2. The van der Waals surface area contributed by atoms with Crippen LogP contribution in [0.15, 0.2) is 18.2 Å². The molecule has 1 amide bonds. The van der Waals surface area contributed by atoms with Crippen LogP contribution >= 0.6 is 23.4 Å². The van der Waals surface area contributed by atoms with Gasteiger partial charge in [-0.15, -0.1) is 11.8 Å². The van der Waals surface area contributed by atoms with E-state index in [0.717, 1.165) is 12.8 Å². The molecular formula is C19H25ClN2O5S. The van der Waals surface area contributed by atoms with E-state index in [1.807, 2.05) is 20.8 Å². The first kappa shape index (κ1) is 22.5. The highest BCUT2D eigenvalue weighted by atomic mass is 35.5. The molecule has 0 bridgehead atoms. The summed E-state index contributed by atoms with van der Waals surface area (Å²) in [5.41, 5.74) is -0.194. The maximum Gasteiger partial charge on any atom is 0.329 e. The average molecular weight is 429 g/mol. The standard InChI is InChI=1S/C19H25ClN2O5S/c1-4-5-8-27-19(24)16-11-28-17(9-12(2)3)21(16)18(23)13-6-7-14(20)15(10-13)22(25)26/h6-7,10,12,16-17H,4-5,8-9,11H2,1-3H3. The van der Waals surface area contributed by atoms with E-state index in [9.17, 15) is 19.7 Å². The van der Waals surface area contributed by atoms with Crippen molar-refractivity contribution in [2.45, 2.75) is 51.4 Å². The number of ether oxygens (including phenoxy) is 1. The van der Waals surface area contributed by atoms with E-state index >= 15 is 0 Å². The average Bonchev–Trinajstić information content (AvgIpc) is 3.04. The fourth-order valence-corrected chi connectivity index (χ4v) is 4.76. The van der Waals surface area contributed by atoms with E-state index in [-0.39, 0.29) is 21.6 Å². The van der Waals surface area contributed by atoms with Gasteiger partial charge < -0.3 is 9.64 Å². The third-order valence-corrected chi connectivity index (χ3v) is 6.04. The molecule has 2 unspecified atom stereocenters. The number of unbranched alkanes of at least 4 members (excludes halogenated alkanes) is 1. The maximum absolute atomic E-state index is 13.2. The second-order valence-electron chi connectivity index (χ2n) is 7.09. The molecule has 154 valence electrons. The molecule has 0 aliphatic carbocycles. The van der Waals surface area contributed by atoms with Crippen LogP contribution in [0.25, 0.3) is 0 Å². The number of thioether (sulfide) groups is 1. The highest BCUT2D eigenvalue weighted by molar-refractivity contribution is 8.00. The molecule has 2 rings (SSSR count). The van der Waals surface area contributed by atoms with Crippen LogP contribution in [0.4, 0.5) is 5.69 Å². The molecule has 1 fully saturated rings. The number of hydrogen-bond acceptors (Lipinski definition) is 6. The highest BCUT2D eigenvalue weighted by Crippen LogP contribution is 2.36. The van der Waals surface area contributed by atoms with Gasteiger partial charge in [-0.2, -0.15) is 0 Å². The Balaban J connectivity index is 2.30. The summed E-state index contributed by atoms with van der Waals surface area (Å²) in [6.45, 7) is 6.41. The van der Waals surface area contributed by atoms with Gasteiger partial charge in [-0.1, -0.05) is 38.8 Å². The topological polar surface area (TPSA) is 89.8 Å². The summed E-state index contributed by atoms with van der Waals surface area (Å²) in [6, 6.07) is 3.25. The fourth-order valence-electron chi connectivity index (χ4n) is 2.95. The quantitative estimate of drug-likeness (QED) is 0.261. The molecule has 9 heteroatoms. The van der Waals surface area contributed by atoms with Crippen molar-refractivity contribution in [1.29, 1.82) is 0 Å². The Hall–Kier alpha value is -1.80. The molecule has 0 spiro atoms. The number of nitro groups is 1. The molecule has 1 aromatic carbocycles. The van der Waals surface area contributed by atoms with Crippen LogP contribution < -0.4 is 0 Å². The van der Waals surface area contributed by atoms with Crippen LogP contribution in [0, 0.1) is 16.0 Å². The lowest BCUT2D eigenvalue weighted by atomic mass is 10.1. The molecule has 0 radical (unpaired) electrons. The predicted molar refractivity (Wildman–Crippen MR) is 110 cm³/mol. The molecule has 2 atom stereocenters.